The van der Waals surface area contributed by atoms with Crippen LogP contribution in [0.4, 0.5) is 0 Å². The topological polar surface area (TPSA) is 101 Å². The van der Waals surface area contributed by atoms with E-state index < -0.39 is 0 Å². The number of aliphatic imine (C=N–C) groups is 2. The van der Waals surface area contributed by atoms with E-state index in [0.717, 1.165) is 87.8 Å². The van der Waals surface area contributed by atoms with Crippen LogP contribution in [0.5, 0.6) is 5.88 Å². The number of morpholine rings is 1. The minimum Gasteiger partial charge on any atom is -0.480 e. The lowest BCUT2D eigenvalue weighted by Gasteiger charge is -2.31. The third-order valence-electron chi connectivity index (χ3n) is 5.69. The van der Waals surface area contributed by atoms with Gasteiger partial charge in [0.25, 0.3) is 0 Å². The van der Waals surface area contributed by atoms with Crippen LogP contribution in [-0.4, -0.2) is 76.7 Å². The average Bonchev–Trinajstić information content (AvgIpc) is 3.23. The predicted octanol–water partition coefficient (Wildman–Crippen LogP) is 2.22. The van der Waals surface area contributed by atoms with E-state index in [2.05, 4.69) is 37.0 Å². The van der Waals surface area contributed by atoms with Crippen LogP contribution in [0.3, 0.4) is 0 Å². The fraction of sp³-hybridized carbons (Fsp3) is 0.591. The van der Waals surface area contributed by atoms with Gasteiger partial charge in [-0.25, -0.2) is 9.98 Å². The van der Waals surface area contributed by atoms with Crippen molar-refractivity contribution in [2.75, 3.05) is 40.1 Å². The number of nitrogens with zero attached hydrogens (tertiary/aromatic N) is 6. The van der Waals surface area contributed by atoms with Crippen LogP contribution in [-0.2, 0) is 24.0 Å². The van der Waals surface area contributed by atoms with Gasteiger partial charge in [0.15, 0.2) is 0 Å². The van der Waals surface area contributed by atoms with E-state index in [0.29, 0.717) is 12.5 Å². The molecule has 166 valence electrons. The Hall–Kier alpha value is -2.81. The molecule has 0 aromatic carbocycles. The number of amidine groups is 1. The van der Waals surface area contributed by atoms with Gasteiger partial charge in [-0.2, -0.15) is 5.10 Å². The molecule has 2 aliphatic heterocycles. The molecule has 31 heavy (non-hydrogen) atoms. The minimum absolute atomic E-state index is 0.478. The van der Waals surface area contributed by atoms with Gasteiger partial charge in [0.05, 0.1) is 44.1 Å². The molecule has 1 saturated heterocycles. The zero-order chi connectivity index (χ0) is 21.5. The summed E-state index contributed by atoms with van der Waals surface area (Å²) in [6.45, 7) is 6.00. The molecule has 2 aromatic heterocycles. The molecular formula is C22H31N7O2. The SMILES string of the molecule is CCCc1c(C2=NCN=C(N3CCOCC3)C2)n[nH]c1CCCc1cnc(OC)cn1. The molecule has 0 atom stereocenters. The van der Waals surface area contributed by atoms with Gasteiger partial charge in [-0.05, 0) is 25.7 Å². The summed E-state index contributed by atoms with van der Waals surface area (Å²) in [4.78, 5) is 20.3. The van der Waals surface area contributed by atoms with Gasteiger partial charge < -0.3 is 14.4 Å². The van der Waals surface area contributed by atoms with E-state index in [1.165, 1.54) is 11.3 Å². The summed E-state index contributed by atoms with van der Waals surface area (Å²) in [5.41, 5.74) is 5.53. The highest BCUT2D eigenvalue weighted by atomic mass is 16.5. The van der Waals surface area contributed by atoms with Crippen LogP contribution >= 0.6 is 0 Å². The van der Waals surface area contributed by atoms with Crippen molar-refractivity contribution in [1.29, 1.82) is 0 Å². The first-order chi connectivity index (χ1) is 15.3. The Labute approximate surface area is 183 Å². The minimum atomic E-state index is 0.478. The summed E-state index contributed by atoms with van der Waals surface area (Å²) in [6, 6.07) is 0. The summed E-state index contributed by atoms with van der Waals surface area (Å²) >= 11 is 0. The van der Waals surface area contributed by atoms with E-state index in [9.17, 15) is 0 Å². The molecule has 2 aromatic rings. The number of hydrogen-bond acceptors (Lipinski definition) is 8. The van der Waals surface area contributed by atoms with Crippen molar-refractivity contribution in [3.63, 3.8) is 0 Å². The van der Waals surface area contributed by atoms with Crippen LogP contribution in [0.2, 0.25) is 0 Å². The van der Waals surface area contributed by atoms with E-state index in [4.69, 9.17) is 14.5 Å². The lowest BCUT2D eigenvalue weighted by Crippen LogP contribution is -2.42. The molecule has 0 bridgehead atoms. The summed E-state index contributed by atoms with van der Waals surface area (Å²) in [6.07, 6.45) is 9.02. The van der Waals surface area contributed by atoms with Gasteiger partial charge in [0.1, 0.15) is 18.2 Å². The fourth-order valence-corrected chi connectivity index (χ4v) is 4.05. The van der Waals surface area contributed by atoms with Crippen molar-refractivity contribution >= 4 is 11.5 Å². The maximum atomic E-state index is 5.48. The van der Waals surface area contributed by atoms with Gasteiger partial charge >= 0.3 is 0 Å². The number of ether oxygens (including phenoxy) is 2. The third kappa shape index (κ3) is 5.28. The van der Waals surface area contributed by atoms with Crippen molar-refractivity contribution in [3.05, 3.63) is 35.0 Å². The number of aromatic amines is 1. The molecule has 0 amide bonds. The smallest absolute Gasteiger partial charge is 0.231 e. The van der Waals surface area contributed by atoms with Gasteiger partial charge in [0.2, 0.25) is 5.88 Å². The van der Waals surface area contributed by atoms with E-state index >= 15 is 0 Å². The maximum absolute atomic E-state index is 5.48. The molecule has 4 heterocycles. The second-order valence-electron chi connectivity index (χ2n) is 7.78. The van der Waals surface area contributed by atoms with E-state index in [1.807, 2.05) is 0 Å². The van der Waals surface area contributed by atoms with Crippen molar-refractivity contribution < 1.29 is 9.47 Å². The Kier molecular flexibility index (Phi) is 7.24. The van der Waals surface area contributed by atoms with Crippen molar-refractivity contribution in [1.82, 2.24) is 25.1 Å². The molecule has 0 radical (unpaired) electrons. The van der Waals surface area contributed by atoms with Crippen LogP contribution < -0.4 is 4.74 Å². The molecule has 0 unspecified atom stereocenters. The average molecular weight is 426 g/mol. The Morgan fingerprint density at radius 1 is 1.10 bits per heavy atom. The Balaban J connectivity index is 1.41. The van der Waals surface area contributed by atoms with Gasteiger partial charge in [-0.1, -0.05) is 13.3 Å². The normalized spacial score (nSPS) is 16.8. The van der Waals surface area contributed by atoms with E-state index in [1.54, 1.807) is 19.5 Å². The summed E-state index contributed by atoms with van der Waals surface area (Å²) in [7, 11) is 1.60. The highest BCUT2D eigenvalue weighted by Crippen LogP contribution is 2.21. The van der Waals surface area contributed by atoms with Crippen LogP contribution in [0.15, 0.2) is 22.4 Å². The lowest BCUT2D eigenvalue weighted by molar-refractivity contribution is 0.0674. The summed E-state index contributed by atoms with van der Waals surface area (Å²) in [5.74, 6) is 1.65. The molecule has 0 saturated carbocycles. The van der Waals surface area contributed by atoms with Crippen molar-refractivity contribution in [2.45, 2.75) is 45.4 Å². The molecule has 9 nitrogen and oxygen atoms in total. The first kappa shape index (κ1) is 21.4. The first-order valence-corrected chi connectivity index (χ1v) is 11.1. The monoisotopic (exact) mass is 425 g/mol. The molecule has 1 fully saturated rings. The number of hydrogen-bond donors (Lipinski definition) is 1. The van der Waals surface area contributed by atoms with Crippen LogP contribution in [0.25, 0.3) is 0 Å². The molecule has 2 aliphatic rings. The third-order valence-corrected chi connectivity index (χ3v) is 5.69. The largest absolute Gasteiger partial charge is 0.480 e. The number of methoxy groups -OCH3 is 1. The van der Waals surface area contributed by atoms with Gasteiger partial charge in [0, 0.05) is 30.8 Å². The molecular weight excluding hydrogens is 394 g/mol. The second-order valence-corrected chi connectivity index (χ2v) is 7.78. The number of rotatable bonds is 8. The zero-order valence-corrected chi connectivity index (χ0v) is 18.4. The Bertz CT molecular complexity index is 914. The standard InChI is InChI=1S/C22H31N7O2/c1-3-5-17-18(7-4-6-16-13-24-21(30-2)14-23-16)27-28-22(17)19-12-20(26-15-25-19)29-8-10-31-11-9-29/h13-14H,3-12,15H2,1-2H3,(H,27,28). The number of aryl methyl sites for hydroxylation is 2. The Morgan fingerprint density at radius 3 is 2.71 bits per heavy atom. The Morgan fingerprint density at radius 2 is 1.97 bits per heavy atom. The second kappa shape index (κ2) is 10.5. The maximum Gasteiger partial charge on any atom is 0.231 e. The van der Waals surface area contributed by atoms with Gasteiger partial charge in [-0.3, -0.25) is 15.1 Å². The first-order valence-electron chi connectivity index (χ1n) is 11.1. The number of aromatic nitrogens is 4. The number of nitrogens with one attached hydrogen (secondary N) is 1. The highest BCUT2D eigenvalue weighted by Gasteiger charge is 2.24. The van der Waals surface area contributed by atoms with E-state index in [-0.39, 0.29) is 0 Å². The van der Waals surface area contributed by atoms with Crippen molar-refractivity contribution in [3.8, 4) is 5.88 Å². The zero-order valence-electron chi connectivity index (χ0n) is 18.4. The molecule has 9 heteroatoms. The van der Waals surface area contributed by atoms with Crippen molar-refractivity contribution in [2.24, 2.45) is 9.98 Å². The molecule has 1 N–H and O–H groups in total. The molecule has 0 spiro atoms. The fourth-order valence-electron chi connectivity index (χ4n) is 4.05. The highest BCUT2D eigenvalue weighted by molar-refractivity contribution is 6.12. The number of H-pyrrole nitrogens is 1. The quantitative estimate of drug-likeness (QED) is 0.696. The van der Waals surface area contributed by atoms with Gasteiger partial charge in [-0.15, -0.1) is 0 Å². The van der Waals surface area contributed by atoms with Crippen LogP contribution in [0.1, 0.15) is 48.8 Å². The lowest BCUT2D eigenvalue weighted by atomic mass is 9.99. The van der Waals surface area contributed by atoms with Crippen LogP contribution in [0, 0.1) is 0 Å². The molecule has 4 rings (SSSR count). The summed E-state index contributed by atoms with van der Waals surface area (Å²) < 4.78 is 10.6. The predicted molar refractivity (Wildman–Crippen MR) is 119 cm³/mol. The summed E-state index contributed by atoms with van der Waals surface area (Å²) in [5, 5.41) is 7.98. The molecule has 0 aliphatic carbocycles.